The molecule has 0 aliphatic rings. The van der Waals surface area contributed by atoms with E-state index in [0.29, 0.717) is 26.0 Å². The van der Waals surface area contributed by atoms with Crippen LogP contribution in [-0.4, -0.2) is 38.1 Å². The lowest BCUT2D eigenvalue weighted by Crippen LogP contribution is -2.34. The summed E-state index contributed by atoms with van der Waals surface area (Å²) in [5.41, 5.74) is 1.20. The molecule has 2 rings (SSSR count). The van der Waals surface area contributed by atoms with E-state index >= 15 is 0 Å². The van der Waals surface area contributed by atoms with Crippen LogP contribution in [0.5, 0.6) is 5.75 Å². The van der Waals surface area contributed by atoms with Gasteiger partial charge in [-0.1, -0.05) is 48.5 Å². The third kappa shape index (κ3) is 6.05. The number of benzene rings is 2. The number of rotatable bonds is 9. The first-order valence-corrected chi connectivity index (χ1v) is 8.32. The van der Waals surface area contributed by atoms with E-state index in [1.807, 2.05) is 62.6 Å². The normalized spacial score (nSPS) is 12.0. The van der Waals surface area contributed by atoms with Gasteiger partial charge >= 0.3 is 0 Å². The third-order valence-corrected chi connectivity index (χ3v) is 3.86. The summed E-state index contributed by atoms with van der Waals surface area (Å²) in [5, 5.41) is 3.03. The molecule has 1 unspecified atom stereocenters. The van der Waals surface area contributed by atoms with E-state index in [4.69, 9.17) is 4.74 Å². The Morgan fingerprint density at radius 1 is 1.04 bits per heavy atom. The Hall–Kier alpha value is -2.33. The van der Waals surface area contributed by atoms with Gasteiger partial charge < -0.3 is 15.0 Å². The van der Waals surface area contributed by atoms with Crippen molar-refractivity contribution in [2.24, 2.45) is 0 Å². The van der Waals surface area contributed by atoms with Gasteiger partial charge in [0.05, 0.1) is 12.6 Å². The number of nitrogens with zero attached hydrogens (tertiary/aromatic N) is 1. The third-order valence-electron chi connectivity index (χ3n) is 3.86. The van der Waals surface area contributed by atoms with Crippen LogP contribution < -0.4 is 10.1 Å². The maximum Gasteiger partial charge on any atom is 0.220 e. The van der Waals surface area contributed by atoms with Gasteiger partial charge in [-0.15, -0.1) is 0 Å². The van der Waals surface area contributed by atoms with Gasteiger partial charge in [0, 0.05) is 13.0 Å². The molecule has 0 heterocycles. The Morgan fingerprint density at radius 3 is 2.29 bits per heavy atom. The van der Waals surface area contributed by atoms with Crippen LogP contribution in [0.4, 0.5) is 0 Å². The molecule has 0 fully saturated rings. The lowest BCUT2D eigenvalue weighted by Gasteiger charge is -2.25. The molecule has 0 aromatic heterocycles. The lowest BCUT2D eigenvalue weighted by atomic mass is 10.1. The van der Waals surface area contributed by atoms with Gasteiger partial charge in [0.1, 0.15) is 5.75 Å². The van der Waals surface area contributed by atoms with Crippen molar-refractivity contribution in [2.75, 3.05) is 27.2 Å². The highest BCUT2D eigenvalue weighted by Gasteiger charge is 2.14. The standard InChI is InChI=1S/C20H26N2O2/c1-22(2)19(17-10-5-3-6-11-17)16-21-20(23)14-9-15-24-18-12-7-4-8-13-18/h3-8,10-13,19H,9,14-16H2,1-2H3,(H,21,23). The predicted molar refractivity (Wildman–Crippen MR) is 97.1 cm³/mol. The van der Waals surface area contributed by atoms with Crippen LogP contribution in [0.3, 0.4) is 0 Å². The zero-order chi connectivity index (χ0) is 17.2. The lowest BCUT2D eigenvalue weighted by molar-refractivity contribution is -0.121. The summed E-state index contributed by atoms with van der Waals surface area (Å²) in [5.74, 6) is 0.907. The molecular weight excluding hydrogens is 300 g/mol. The number of likely N-dealkylation sites (N-methyl/N-ethyl adjacent to an activating group) is 1. The summed E-state index contributed by atoms with van der Waals surface area (Å²) in [7, 11) is 4.05. The molecule has 4 heteroatoms. The van der Waals surface area contributed by atoms with Crippen molar-refractivity contribution in [3.8, 4) is 5.75 Å². The van der Waals surface area contributed by atoms with Gasteiger partial charge in [0.2, 0.25) is 5.91 Å². The van der Waals surface area contributed by atoms with Crippen LogP contribution in [0.2, 0.25) is 0 Å². The monoisotopic (exact) mass is 326 g/mol. The summed E-state index contributed by atoms with van der Waals surface area (Å²) < 4.78 is 5.60. The van der Waals surface area contributed by atoms with Gasteiger partial charge in [-0.25, -0.2) is 0 Å². The van der Waals surface area contributed by atoms with Gasteiger partial charge in [0.15, 0.2) is 0 Å². The van der Waals surface area contributed by atoms with Crippen LogP contribution in [0.1, 0.15) is 24.4 Å². The number of carbonyl (C=O) groups is 1. The average molecular weight is 326 g/mol. The molecule has 0 radical (unpaired) electrons. The summed E-state index contributed by atoms with van der Waals surface area (Å²) in [6, 6.07) is 20.1. The van der Waals surface area contributed by atoms with Crippen molar-refractivity contribution in [3.63, 3.8) is 0 Å². The van der Waals surface area contributed by atoms with E-state index in [2.05, 4.69) is 22.3 Å². The molecule has 24 heavy (non-hydrogen) atoms. The van der Waals surface area contributed by atoms with E-state index in [9.17, 15) is 4.79 Å². The van der Waals surface area contributed by atoms with Crippen molar-refractivity contribution < 1.29 is 9.53 Å². The second-order valence-electron chi connectivity index (χ2n) is 5.96. The second-order valence-corrected chi connectivity index (χ2v) is 5.96. The van der Waals surface area contributed by atoms with E-state index in [1.54, 1.807) is 0 Å². The number of carbonyl (C=O) groups excluding carboxylic acids is 1. The first-order valence-electron chi connectivity index (χ1n) is 8.32. The van der Waals surface area contributed by atoms with Crippen LogP contribution in [0.25, 0.3) is 0 Å². The average Bonchev–Trinajstić information content (AvgIpc) is 2.60. The Bertz CT molecular complexity index is 600. The fraction of sp³-hybridized carbons (Fsp3) is 0.350. The Balaban J connectivity index is 1.70. The largest absolute Gasteiger partial charge is 0.494 e. The highest BCUT2D eigenvalue weighted by Crippen LogP contribution is 2.16. The molecule has 0 bridgehead atoms. The molecule has 128 valence electrons. The van der Waals surface area contributed by atoms with Crippen LogP contribution >= 0.6 is 0 Å². The number of ether oxygens (including phenoxy) is 1. The summed E-state index contributed by atoms with van der Waals surface area (Å²) in [4.78, 5) is 14.1. The summed E-state index contributed by atoms with van der Waals surface area (Å²) in [6.45, 7) is 1.16. The minimum Gasteiger partial charge on any atom is -0.494 e. The van der Waals surface area contributed by atoms with E-state index in [0.717, 1.165) is 5.75 Å². The summed E-state index contributed by atoms with van der Waals surface area (Å²) >= 11 is 0. The van der Waals surface area contributed by atoms with E-state index in [-0.39, 0.29) is 11.9 Å². The summed E-state index contributed by atoms with van der Waals surface area (Å²) in [6.07, 6.45) is 1.18. The first kappa shape index (κ1) is 18.0. The highest BCUT2D eigenvalue weighted by molar-refractivity contribution is 5.75. The Kier molecular flexibility index (Phi) is 7.30. The van der Waals surface area contributed by atoms with E-state index < -0.39 is 0 Å². The fourth-order valence-corrected chi connectivity index (χ4v) is 2.51. The van der Waals surface area contributed by atoms with Gasteiger partial charge in [0.25, 0.3) is 0 Å². The molecule has 1 N–H and O–H groups in total. The zero-order valence-electron chi connectivity index (χ0n) is 14.4. The maximum atomic E-state index is 12.0. The molecule has 1 atom stereocenters. The molecule has 0 aliphatic carbocycles. The van der Waals surface area contributed by atoms with Crippen LogP contribution in [0.15, 0.2) is 60.7 Å². The van der Waals surface area contributed by atoms with Crippen LogP contribution in [0, 0.1) is 0 Å². The Morgan fingerprint density at radius 2 is 1.67 bits per heavy atom. The SMILES string of the molecule is CN(C)C(CNC(=O)CCCOc1ccccc1)c1ccccc1. The first-order chi connectivity index (χ1) is 11.7. The molecule has 2 aromatic rings. The maximum absolute atomic E-state index is 12.0. The molecule has 0 aliphatic heterocycles. The predicted octanol–water partition coefficient (Wildman–Crippen LogP) is 3.26. The fourth-order valence-electron chi connectivity index (χ4n) is 2.51. The van der Waals surface area contributed by atoms with Gasteiger partial charge in [-0.05, 0) is 38.2 Å². The molecular formula is C20H26N2O2. The highest BCUT2D eigenvalue weighted by atomic mass is 16.5. The van der Waals surface area contributed by atoms with Gasteiger partial charge in [-0.2, -0.15) is 0 Å². The Labute approximate surface area is 144 Å². The van der Waals surface area contributed by atoms with Crippen molar-refractivity contribution in [1.82, 2.24) is 10.2 Å². The molecule has 2 aromatic carbocycles. The number of para-hydroxylation sites is 1. The molecule has 4 nitrogen and oxygen atoms in total. The van der Waals surface area contributed by atoms with Crippen LogP contribution in [-0.2, 0) is 4.79 Å². The van der Waals surface area contributed by atoms with E-state index in [1.165, 1.54) is 5.56 Å². The zero-order valence-corrected chi connectivity index (χ0v) is 14.4. The van der Waals surface area contributed by atoms with Crippen molar-refractivity contribution in [2.45, 2.75) is 18.9 Å². The molecule has 1 amide bonds. The number of amides is 1. The minimum absolute atomic E-state index is 0.0643. The number of hydrogen-bond donors (Lipinski definition) is 1. The molecule has 0 saturated heterocycles. The van der Waals surface area contributed by atoms with Crippen molar-refractivity contribution in [3.05, 3.63) is 66.2 Å². The molecule has 0 saturated carbocycles. The van der Waals surface area contributed by atoms with Gasteiger partial charge in [-0.3, -0.25) is 4.79 Å². The molecule has 0 spiro atoms. The van der Waals surface area contributed by atoms with Crippen molar-refractivity contribution >= 4 is 5.91 Å². The van der Waals surface area contributed by atoms with Crippen molar-refractivity contribution in [1.29, 1.82) is 0 Å². The number of hydrogen-bond acceptors (Lipinski definition) is 3. The number of nitrogens with one attached hydrogen (secondary N) is 1. The topological polar surface area (TPSA) is 41.6 Å². The minimum atomic E-state index is 0.0643. The smallest absolute Gasteiger partial charge is 0.220 e. The second kappa shape index (κ2) is 9.73. The quantitative estimate of drug-likeness (QED) is 0.719.